The molecular weight excluding hydrogens is 456 g/mol. The van der Waals surface area contributed by atoms with Crippen LogP contribution in [0.25, 0.3) is 0 Å². The van der Waals surface area contributed by atoms with Gasteiger partial charge < -0.3 is 14.6 Å². The van der Waals surface area contributed by atoms with Crippen LogP contribution in [0.2, 0.25) is 0 Å². The van der Waals surface area contributed by atoms with Crippen molar-refractivity contribution in [3.05, 3.63) is 24.3 Å². The predicted octanol–water partition coefficient (Wildman–Crippen LogP) is 8.33. The lowest BCUT2D eigenvalue weighted by molar-refractivity contribution is -0.149. The number of allylic oxidation sites excluding steroid dienone is 4. The Balaban J connectivity index is 0. The molecule has 6 heteroatoms. The number of carbonyl (C=O) groups excluding carboxylic acids is 2. The fourth-order valence-electron chi connectivity index (χ4n) is 3.27. The second kappa shape index (κ2) is 27.5. The van der Waals surface area contributed by atoms with Crippen LogP contribution in [0.5, 0.6) is 0 Å². The van der Waals surface area contributed by atoms with Crippen LogP contribution in [0.4, 0.5) is 0 Å². The first-order valence-electron chi connectivity index (χ1n) is 14.1. The number of hydrogen-bond donors (Lipinski definition) is 1. The Labute approximate surface area is 220 Å². The predicted molar refractivity (Wildman–Crippen MR) is 148 cm³/mol. The van der Waals surface area contributed by atoms with E-state index < -0.39 is 5.97 Å². The molecule has 0 aromatic heterocycles. The van der Waals surface area contributed by atoms with Crippen molar-refractivity contribution in [1.82, 2.24) is 0 Å². The zero-order valence-corrected chi connectivity index (χ0v) is 23.8. The fourth-order valence-corrected chi connectivity index (χ4v) is 3.27. The Kier molecular flexibility index (Phi) is 27.5. The van der Waals surface area contributed by atoms with Gasteiger partial charge in [0.25, 0.3) is 0 Å². The van der Waals surface area contributed by atoms with E-state index in [4.69, 9.17) is 14.6 Å². The van der Waals surface area contributed by atoms with Gasteiger partial charge >= 0.3 is 17.9 Å². The van der Waals surface area contributed by atoms with E-state index in [-0.39, 0.29) is 24.1 Å². The Morgan fingerprint density at radius 2 is 1.03 bits per heavy atom. The topological polar surface area (TPSA) is 89.9 Å². The fraction of sp³-hybridized carbons (Fsp3) is 0.767. The molecule has 6 nitrogen and oxygen atoms in total. The average molecular weight is 511 g/mol. The number of carbonyl (C=O) groups is 3. The first-order chi connectivity index (χ1) is 17.2. The first kappa shape index (κ1) is 36.0. The molecule has 0 aliphatic heterocycles. The Bertz CT molecular complexity index is 568. The van der Waals surface area contributed by atoms with Gasteiger partial charge in [0.05, 0.1) is 12.2 Å². The van der Waals surface area contributed by atoms with E-state index >= 15 is 0 Å². The molecule has 0 saturated carbocycles. The van der Waals surface area contributed by atoms with Crippen LogP contribution in [0.1, 0.15) is 137 Å². The maximum absolute atomic E-state index is 11.1. The molecule has 0 aromatic carbocycles. The molecule has 0 atom stereocenters. The number of esters is 2. The van der Waals surface area contributed by atoms with E-state index in [2.05, 4.69) is 31.2 Å². The monoisotopic (exact) mass is 510 g/mol. The molecule has 0 heterocycles. The van der Waals surface area contributed by atoms with E-state index in [1.807, 2.05) is 27.7 Å². The minimum absolute atomic E-state index is 0.0709. The van der Waals surface area contributed by atoms with Crippen LogP contribution in [0.3, 0.4) is 0 Å². The summed E-state index contributed by atoms with van der Waals surface area (Å²) in [5, 5.41) is 8.50. The highest BCUT2D eigenvalue weighted by Gasteiger charge is 2.08. The van der Waals surface area contributed by atoms with Gasteiger partial charge in [0.15, 0.2) is 0 Å². The van der Waals surface area contributed by atoms with E-state index in [0.29, 0.717) is 32.1 Å². The Hall–Kier alpha value is -2.11. The Morgan fingerprint density at radius 1 is 0.611 bits per heavy atom. The molecular formula is C30H54O6. The summed E-state index contributed by atoms with van der Waals surface area (Å²) in [7, 11) is 0. The SMILES string of the molecule is CC(C)OC(=O)CCCCC(=O)OC(C)C.CCCCC/C=C\C/C=C\CCCCCCCC(=O)O. The number of unbranched alkanes of at least 4 members (excludes halogenated alkanes) is 9. The van der Waals surface area contributed by atoms with Crippen LogP contribution >= 0.6 is 0 Å². The molecule has 0 bridgehead atoms. The minimum atomic E-state index is -0.671. The molecule has 0 spiro atoms. The molecule has 0 aliphatic carbocycles. The smallest absolute Gasteiger partial charge is 0.306 e. The van der Waals surface area contributed by atoms with Crippen molar-refractivity contribution in [2.24, 2.45) is 0 Å². The molecule has 0 rings (SSSR count). The number of ether oxygens (including phenoxy) is 2. The maximum Gasteiger partial charge on any atom is 0.306 e. The molecule has 0 radical (unpaired) electrons. The van der Waals surface area contributed by atoms with Gasteiger partial charge in [0, 0.05) is 19.3 Å². The van der Waals surface area contributed by atoms with Crippen LogP contribution in [0.15, 0.2) is 24.3 Å². The van der Waals surface area contributed by atoms with E-state index in [0.717, 1.165) is 25.7 Å². The number of aliphatic carboxylic acids is 1. The van der Waals surface area contributed by atoms with Gasteiger partial charge in [-0.15, -0.1) is 0 Å². The summed E-state index contributed by atoms with van der Waals surface area (Å²) in [5.41, 5.74) is 0. The lowest BCUT2D eigenvalue weighted by Gasteiger charge is -2.08. The molecule has 0 aromatic rings. The minimum Gasteiger partial charge on any atom is -0.481 e. The highest BCUT2D eigenvalue weighted by atomic mass is 16.5. The van der Waals surface area contributed by atoms with Crippen molar-refractivity contribution in [2.45, 2.75) is 150 Å². The van der Waals surface area contributed by atoms with Gasteiger partial charge in [-0.25, -0.2) is 0 Å². The van der Waals surface area contributed by atoms with Gasteiger partial charge in [-0.2, -0.15) is 0 Å². The summed E-state index contributed by atoms with van der Waals surface area (Å²) >= 11 is 0. The first-order valence-corrected chi connectivity index (χ1v) is 14.1. The largest absolute Gasteiger partial charge is 0.481 e. The highest BCUT2D eigenvalue weighted by Crippen LogP contribution is 2.08. The third kappa shape index (κ3) is 34.1. The third-order valence-electron chi connectivity index (χ3n) is 5.09. The van der Waals surface area contributed by atoms with E-state index in [9.17, 15) is 14.4 Å². The average Bonchev–Trinajstić information content (AvgIpc) is 2.78. The highest BCUT2D eigenvalue weighted by molar-refractivity contribution is 5.70. The number of rotatable bonds is 21. The molecule has 0 saturated heterocycles. The lowest BCUT2D eigenvalue weighted by atomic mass is 10.1. The van der Waals surface area contributed by atoms with Crippen LogP contribution in [0, 0.1) is 0 Å². The van der Waals surface area contributed by atoms with Gasteiger partial charge in [-0.3, -0.25) is 14.4 Å². The van der Waals surface area contributed by atoms with Crippen molar-refractivity contribution in [1.29, 1.82) is 0 Å². The number of carboxylic acids is 1. The molecule has 210 valence electrons. The quantitative estimate of drug-likeness (QED) is 0.0948. The molecule has 36 heavy (non-hydrogen) atoms. The molecule has 0 aliphatic rings. The molecule has 0 fully saturated rings. The summed E-state index contributed by atoms with van der Waals surface area (Å²) in [4.78, 5) is 32.6. The van der Waals surface area contributed by atoms with Crippen molar-refractivity contribution >= 4 is 17.9 Å². The summed E-state index contributed by atoms with van der Waals surface area (Å²) < 4.78 is 9.93. The maximum atomic E-state index is 11.1. The zero-order valence-electron chi connectivity index (χ0n) is 23.8. The van der Waals surface area contributed by atoms with Gasteiger partial charge in [-0.05, 0) is 79.1 Å². The van der Waals surface area contributed by atoms with E-state index in [1.54, 1.807) is 0 Å². The summed E-state index contributed by atoms with van der Waals surface area (Å²) in [5.74, 6) is -1.07. The van der Waals surface area contributed by atoms with Crippen LogP contribution in [-0.4, -0.2) is 35.2 Å². The van der Waals surface area contributed by atoms with Gasteiger partial charge in [0.1, 0.15) is 0 Å². The van der Waals surface area contributed by atoms with Crippen LogP contribution in [-0.2, 0) is 23.9 Å². The number of hydrogen-bond acceptors (Lipinski definition) is 5. The molecule has 0 amide bonds. The van der Waals surface area contributed by atoms with Crippen LogP contribution < -0.4 is 0 Å². The third-order valence-corrected chi connectivity index (χ3v) is 5.09. The lowest BCUT2D eigenvalue weighted by Crippen LogP contribution is -2.12. The van der Waals surface area contributed by atoms with Crippen molar-refractivity contribution < 1.29 is 29.0 Å². The second-order valence-electron chi connectivity index (χ2n) is 9.66. The summed E-state index contributed by atoms with van der Waals surface area (Å²) in [6, 6.07) is 0. The van der Waals surface area contributed by atoms with Crippen molar-refractivity contribution in [2.75, 3.05) is 0 Å². The van der Waals surface area contributed by atoms with Crippen molar-refractivity contribution in [3.63, 3.8) is 0 Å². The normalized spacial score (nSPS) is 11.2. The van der Waals surface area contributed by atoms with Crippen molar-refractivity contribution in [3.8, 4) is 0 Å². The summed E-state index contributed by atoms with van der Waals surface area (Å²) in [6.07, 6.45) is 24.2. The molecule has 1 N–H and O–H groups in total. The standard InChI is InChI=1S/C18H32O2.C12H22O4/c1-2-3-4-5-6-7-8-9-10-11-12-13-14-15-16-17-18(19)20;1-9(2)15-11(13)7-5-6-8-12(14)16-10(3)4/h6-7,9-10H,2-5,8,11-17H2,1H3,(H,19,20);9-10H,5-8H2,1-4H3/b7-6-,10-9-;. The number of carboxylic acid groups (broad SMARTS) is 1. The molecule has 0 unspecified atom stereocenters. The van der Waals surface area contributed by atoms with E-state index in [1.165, 1.54) is 44.9 Å². The van der Waals surface area contributed by atoms with Gasteiger partial charge in [-0.1, -0.05) is 63.3 Å². The zero-order chi connectivity index (χ0) is 27.4. The second-order valence-corrected chi connectivity index (χ2v) is 9.66. The summed E-state index contributed by atoms with van der Waals surface area (Å²) in [6.45, 7) is 9.50. The van der Waals surface area contributed by atoms with Gasteiger partial charge in [0.2, 0.25) is 0 Å². The Morgan fingerprint density at radius 3 is 1.47 bits per heavy atom.